The van der Waals surface area contributed by atoms with E-state index >= 15 is 0 Å². The van der Waals surface area contributed by atoms with Crippen LogP contribution in [0.15, 0.2) is 23.1 Å². The second-order valence-electron chi connectivity index (χ2n) is 4.67. The van der Waals surface area contributed by atoms with E-state index in [0.717, 1.165) is 12.1 Å². The average molecular weight is 302 g/mol. The molecule has 2 atom stereocenters. The zero-order valence-electron chi connectivity index (χ0n) is 10.5. The Labute approximate surface area is 115 Å². The van der Waals surface area contributed by atoms with Crippen molar-refractivity contribution in [2.24, 2.45) is 5.73 Å². The summed E-state index contributed by atoms with van der Waals surface area (Å²) in [4.78, 5) is 10.8. The first kappa shape index (κ1) is 14.9. The number of hydrogen-bond acceptors (Lipinski definition) is 5. The van der Waals surface area contributed by atoms with Gasteiger partial charge in [-0.05, 0) is 30.2 Å². The van der Waals surface area contributed by atoms with E-state index in [1.54, 1.807) is 0 Å². The van der Waals surface area contributed by atoms with Crippen molar-refractivity contribution in [2.45, 2.75) is 23.5 Å². The Kier molecular flexibility index (Phi) is 4.07. The molecule has 0 radical (unpaired) electrons. The summed E-state index contributed by atoms with van der Waals surface area (Å²) >= 11 is 0. The molecule has 20 heavy (non-hydrogen) atoms. The monoisotopic (exact) mass is 302 g/mol. The fourth-order valence-electron chi connectivity index (χ4n) is 2.18. The van der Waals surface area contributed by atoms with Crippen molar-refractivity contribution >= 4 is 15.7 Å². The van der Waals surface area contributed by atoms with Crippen molar-refractivity contribution in [3.8, 4) is 0 Å². The van der Waals surface area contributed by atoms with E-state index in [4.69, 9.17) is 5.73 Å². The van der Waals surface area contributed by atoms with Gasteiger partial charge in [0, 0.05) is 12.6 Å². The van der Waals surface area contributed by atoms with Crippen LogP contribution in [-0.2, 0) is 14.6 Å². The highest BCUT2D eigenvalue weighted by molar-refractivity contribution is 7.91. The first-order chi connectivity index (χ1) is 9.31. The number of carbonyl (C=O) groups is 1. The van der Waals surface area contributed by atoms with Crippen LogP contribution in [0, 0.1) is 5.82 Å². The summed E-state index contributed by atoms with van der Waals surface area (Å²) in [5, 5.41) is 12.2. The van der Waals surface area contributed by atoms with Crippen molar-refractivity contribution < 1.29 is 22.7 Å². The molecule has 0 aromatic heterocycles. The van der Waals surface area contributed by atoms with Crippen LogP contribution in [-0.4, -0.2) is 37.8 Å². The van der Waals surface area contributed by atoms with E-state index in [1.807, 2.05) is 0 Å². The van der Waals surface area contributed by atoms with Crippen LogP contribution < -0.4 is 11.1 Å². The quantitative estimate of drug-likeness (QED) is 0.648. The van der Waals surface area contributed by atoms with Crippen molar-refractivity contribution in [3.63, 3.8) is 0 Å². The lowest BCUT2D eigenvalue weighted by Crippen LogP contribution is -2.40. The maximum Gasteiger partial charge on any atom is 0.247 e. The molecule has 4 N–H and O–H groups in total. The summed E-state index contributed by atoms with van der Waals surface area (Å²) in [5.41, 5.74) is 5.24. The molecule has 0 bridgehead atoms. The van der Waals surface area contributed by atoms with Crippen molar-refractivity contribution in [1.29, 1.82) is 0 Å². The second kappa shape index (κ2) is 5.47. The molecule has 2 unspecified atom stereocenters. The molecule has 0 aliphatic carbocycles. The van der Waals surface area contributed by atoms with Crippen LogP contribution >= 0.6 is 0 Å². The predicted molar refractivity (Wildman–Crippen MR) is 69.0 cm³/mol. The predicted octanol–water partition coefficient (Wildman–Crippen LogP) is -0.520. The van der Waals surface area contributed by atoms with Gasteiger partial charge in [0.25, 0.3) is 0 Å². The highest BCUT2D eigenvalue weighted by atomic mass is 32.2. The second-order valence-corrected chi connectivity index (χ2v) is 6.75. The van der Waals surface area contributed by atoms with Crippen molar-refractivity contribution in [3.05, 3.63) is 29.6 Å². The fourth-order valence-corrected chi connectivity index (χ4v) is 3.78. The Hall–Kier alpha value is -1.51. The number of hydrogen-bond donors (Lipinski definition) is 3. The molecule has 0 saturated heterocycles. The molecule has 1 aromatic carbocycles. The molecule has 1 heterocycles. The summed E-state index contributed by atoms with van der Waals surface area (Å²) in [6.07, 6.45) is -1.13. The van der Waals surface area contributed by atoms with Gasteiger partial charge in [0.1, 0.15) is 11.9 Å². The van der Waals surface area contributed by atoms with Gasteiger partial charge in [0.05, 0.1) is 10.6 Å². The van der Waals surface area contributed by atoms with Gasteiger partial charge in [-0.1, -0.05) is 0 Å². The van der Waals surface area contributed by atoms with Gasteiger partial charge >= 0.3 is 0 Å². The summed E-state index contributed by atoms with van der Waals surface area (Å²) in [6.45, 7) is -0.115. The smallest absolute Gasteiger partial charge is 0.247 e. The topological polar surface area (TPSA) is 109 Å². The van der Waals surface area contributed by atoms with Crippen LogP contribution in [0.25, 0.3) is 0 Å². The Balaban J connectivity index is 2.26. The number of halogens is 1. The summed E-state index contributed by atoms with van der Waals surface area (Å²) in [7, 11) is -3.41. The van der Waals surface area contributed by atoms with Crippen LogP contribution in [0.3, 0.4) is 0 Å². The molecular weight excluding hydrogens is 287 g/mol. The van der Waals surface area contributed by atoms with Crippen LogP contribution in [0.4, 0.5) is 4.39 Å². The largest absolute Gasteiger partial charge is 0.382 e. The van der Waals surface area contributed by atoms with Gasteiger partial charge < -0.3 is 16.2 Å². The zero-order valence-corrected chi connectivity index (χ0v) is 11.4. The minimum Gasteiger partial charge on any atom is -0.382 e. The third-order valence-corrected chi connectivity index (χ3v) is 5.06. The molecule has 1 aliphatic heterocycles. The number of fused-ring (bicyclic) bond motifs is 1. The normalized spacial score (nSPS) is 22.0. The van der Waals surface area contributed by atoms with Crippen LogP contribution in [0.2, 0.25) is 0 Å². The number of amides is 1. The summed E-state index contributed by atoms with van der Waals surface area (Å²) < 4.78 is 37.1. The number of benzene rings is 1. The molecular formula is C12H15FN2O4S. The Bertz CT molecular complexity index is 632. The van der Waals surface area contributed by atoms with E-state index < -0.39 is 33.7 Å². The molecule has 0 fully saturated rings. The lowest BCUT2D eigenvalue weighted by atomic mass is 10.0. The van der Waals surface area contributed by atoms with E-state index in [9.17, 15) is 22.7 Å². The number of primary amides is 1. The Morgan fingerprint density at radius 1 is 1.55 bits per heavy atom. The molecule has 2 rings (SSSR count). The lowest BCUT2D eigenvalue weighted by molar-refractivity contribution is -0.125. The summed E-state index contributed by atoms with van der Waals surface area (Å²) in [6, 6.07) is 3.04. The molecule has 1 amide bonds. The minimum atomic E-state index is -3.41. The van der Waals surface area contributed by atoms with E-state index in [2.05, 4.69) is 5.32 Å². The van der Waals surface area contributed by atoms with E-state index in [1.165, 1.54) is 6.07 Å². The number of carbonyl (C=O) groups excluding carboxylic acids is 1. The maximum atomic E-state index is 13.3. The SMILES string of the molecule is NC(=O)C(O)CNC1CCS(=O)(=O)c2ccc(F)cc21. The number of nitrogens with one attached hydrogen (secondary N) is 1. The van der Waals surface area contributed by atoms with Crippen molar-refractivity contribution in [2.75, 3.05) is 12.3 Å². The van der Waals surface area contributed by atoms with E-state index in [-0.39, 0.29) is 23.6 Å². The van der Waals surface area contributed by atoms with Gasteiger partial charge in [0.15, 0.2) is 9.84 Å². The third kappa shape index (κ3) is 2.97. The summed E-state index contributed by atoms with van der Waals surface area (Å²) in [5.74, 6) is -1.49. The van der Waals surface area contributed by atoms with Gasteiger partial charge in [0.2, 0.25) is 5.91 Å². The Morgan fingerprint density at radius 2 is 2.25 bits per heavy atom. The van der Waals surface area contributed by atoms with Gasteiger partial charge in [-0.3, -0.25) is 4.79 Å². The molecule has 110 valence electrons. The zero-order chi connectivity index (χ0) is 14.9. The van der Waals surface area contributed by atoms with Crippen molar-refractivity contribution in [1.82, 2.24) is 5.32 Å². The number of nitrogens with two attached hydrogens (primary N) is 1. The van der Waals surface area contributed by atoms with Crippen LogP contribution in [0.1, 0.15) is 18.0 Å². The van der Waals surface area contributed by atoms with Crippen LogP contribution in [0.5, 0.6) is 0 Å². The van der Waals surface area contributed by atoms with Gasteiger partial charge in [-0.15, -0.1) is 0 Å². The third-order valence-electron chi connectivity index (χ3n) is 3.24. The highest BCUT2D eigenvalue weighted by Crippen LogP contribution is 2.32. The molecule has 6 nitrogen and oxygen atoms in total. The number of aliphatic hydroxyl groups excluding tert-OH is 1. The standard InChI is InChI=1S/C12H15FN2O4S/c13-7-1-2-11-8(5-7)9(3-4-20(11,18)19)15-6-10(16)12(14)17/h1-2,5,9-10,15-16H,3-4,6H2,(H2,14,17). The fraction of sp³-hybridized carbons (Fsp3) is 0.417. The molecule has 0 spiro atoms. The van der Waals surface area contributed by atoms with E-state index in [0.29, 0.717) is 5.56 Å². The number of aliphatic hydroxyl groups is 1. The first-order valence-electron chi connectivity index (χ1n) is 6.04. The average Bonchev–Trinajstić information content (AvgIpc) is 2.37. The molecule has 8 heteroatoms. The molecule has 1 aromatic rings. The number of sulfone groups is 1. The Morgan fingerprint density at radius 3 is 2.90 bits per heavy atom. The highest BCUT2D eigenvalue weighted by Gasteiger charge is 2.30. The minimum absolute atomic E-state index is 0.0734. The maximum absolute atomic E-state index is 13.3. The van der Waals surface area contributed by atoms with Gasteiger partial charge in [-0.25, -0.2) is 12.8 Å². The molecule has 1 aliphatic rings. The first-order valence-corrected chi connectivity index (χ1v) is 7.69. The lowest BCUT2D eigenvalue weighted by Gasteiger charge is -2.27. The number of rotatable bonds is 4. The molecule has 0 saturated carbocycles. The van der Waals surface area contributed by atoms with Gasteiger partial charge in [-0.2, -0.15) is 0 Å².